The van der Waals surface area contributed by atoms with Crippen LogP contribution in [-0.4, -0.2) is 35.8 Å². The Kier molecular flexibility index (Phi) is 5.79. The van der Waals surface area contributed by atoms with Gasteiger partial charge in [0.25, 0.3) is 5.60 Å². The normalized spacial score (nSPS) is 21.6. The van der Waals surface area contributed by atoms with Crippen LogP contribution in [-0.2, 0) is 20.9 Å². The number of hydrogen-bond acceptors (Lipinski definition) is 4. The summed E-state index contributed by atoms with van der Waals surface area (Å²) in [4.78, 5) is 17.9. The molecule has 0 saturated carbocycles. The van der Waals surface area contributed by atoms with Crippen LogP contribution in [0.5, 0.6) is 0 Å². The van der Waals surface area contributed by atoms with E-state index in [1.807, 2.05) is 0 Å². The zero-order valence-electron chi connectivity index (χ0n) is 16.8. The fraction of sp³-hybridized carbons (Fsp3) is 0.318. The van der Waals surface area contributed by atoms with Crippen LogP contribution < -0.4 is 0 Å². The van der Waals surface area contributed by atoms with Crippen molar-refractivity contribution in [3.63, 3.8) is 0 Å². The molecule has 1 unspecified atom stereocenters. The number of hydrogen-bond donors (Lipinski definition) is 0. The maximum Gasteiger partial charge on any atom is 0.435 e. The van der Waals surface area contributed by atoms with Crippen molar-refractivity contribution in [1.82, 2.24) is 4.90 Å². The van der Waals surface area contributed by atoms with E-state index in [0.29, 0.717) is 5.56 Å². The SMILES string of the molecule is N#CCC(=O)N1CC(F)(c2ccc(C3=NOC(c4cc(Cl)cc(Cl)c4)(C(F)(F)F)C3)cc2)C1. The molecule has 1 atom stereocenters. The number of nitrogens with zero attached hydrogens (tertiary/aromatic N) is 3. The second-order valence-corrected chi connectivity index (χ2v) is 8.79. The number of carbonyl (C=O) groups is 1. The van der Waals surface area contributed by atoms with E-state index in [1.165, 1.54) is 35.2 Å². The largest absolute Gasteiger partial charge is 0.435 e. The Morgan fingerprint density at radius 1 is 1.12 bits per heavy atom. The molecule has 4 rings (SSSR count). The second kappa shape index (κ2) is 8.19. The Balaban J connectivity index is 1.54. The highest BCUT2D eigenvalue weighted by Gasteiger charge is 2.62. The Morgan fingerprint density at radius 2 is 1.73 bits per heavy atom. The van der Waals surface area contributed by atoms with E-state index in [0.717, 1.165) is 12.1 Å². The Labute approximate surface area is 196 Å². The highest BCUT2D eigenvalue weighted by Crippen LogP contribution is 2.49. The van der Waals surface area contributed by atoms with E-state index in [2.05, 4.69) is 5.16 Å². The molecule has 0 radical (unpaired) electrons. The number of nitriles is 1. The van der Waals surface area contributed by atoms with Crippen LogP contribution in [0.15, 0.2) is 47.6 Å². The monoisotopic (exact) mass is 499 g/mol. The zero-order valence-corrected chi connectivity index (χ0v) is 18.3. The van der Waals surface area contributed by atoms with Gasteiger partial charge in [0.15, 0.2) is 5.67 Å². The van der Waals surface area contributed by atoms with Gasteiger partial charge in [-0.25, -0.2) is 4.39 Å². The summed E-state index contributed by atoms with van der Waals surface area (Å²) in [7, 11) is 0. The molecule has 0 N–H and O–H groups in total. The molecule has 2 aliphatic rings. The van der Waals surface area contributed by atoms with Gasteiger partial charge in [0.05, 0.1) is 24.9 Å². The highest BCUT2D eigenvalue weighted by atomic mass is 35.5. The van der Waals surface area contributed by atoms with E-state index in [-0.39, 0.29) is 46.4 Å². The van der Waals surface area contributed by atoms with Crippen molar-refractivity contribution in [3.8, 4) is 6.07 Å². The van der Waals surface area contributed by atoms with Crippen molar-refractivity contribution in [2.24, 2.45) is 5.16 Å². The molecular weight excluding hydrogens is 485 g/mol. The average Bonchev–Trinajstić information content (AvgIpc) is 3.18. The second-order valence-electron chi connectivity index (χ2n) is 7.92. The number of rotatable bonds is 4. The zero-order chi connectivity index (χ0) is 24.0. The van der Waals surface area contributed by atoms with Gasteiger partial charge in [0, 0.05) is 22.0 Å². The molecule has 0 aromatic heterocycles. The number of carbonyl (C=O) groups excluding carboxylic acids is 1. The Bertz CT molecular complexity index is 1150. The van der Waals surface area contributed by atoms with E-state index < -0.39 is 29.8 Å². The van der Waals surface area contributed by atoms with Crippen LogP contribution in [0.25, 0.3) is 0 Å². The van der Waals surface area contributed by atoms with Crippen LogP contribution >= 0.6 is 23.2 Å². The van der Waals surface area contributed by atoms with Crippen molar-refractivity contribution >= 4 is 34.8 Å². The van der Waals surface area contributed by atoms with Gasteiger partial charge in [-0.1, -0.05) is 52.6 Å². The quantitative estimate of drug-likeness (QED) is 0.522. The molecular formula is C22H15Cl2F4N3O2. The molecule has 0 aliphatic carbocycles. The number of halogens is 6. The lowest BCUT2D eigenvalue weighted by Gasteiger charge is -2.44. The Hall–Kier alpha value is -2.83. The highest BCUT2D eigenvalue weighted by molar-refractivity contribution is 6.34. The van der Waals surface area contributed by atoms with Gasteiger partial charge in [-0.2, -0.15) is 18.4 Å². The first kappa shape index (κ1) is 23.3. The van der Waals surface area contributed by atoms with Crippen molar-refractivity contribution in [2.75, 3.05) is 13.1 Å². The number of amides is 1. The van der Waals surface area contributed by atoms with Crippen LogP contribution in [0, 0.1) is 11.3 Å². The van der Waals surface area contributed by atoms with Gasteiger partial charge in [-0.05, 0) is 29.3 Å². The topological polar surface area (TPSA) is 65.7 Å². The molecule has 172 valence electrons. The molecule has 2 aliphatic heterocycles. The van der Waals surface area contributed by atoms with E-state index >= 15 is 4.39 Å². The van der Waals surface area contributed by atoms with Crippen LogP contribution in [0.1, 0.15) is 29.5 Å². The number of alkyl halides is 4. The Morgan fingerprint density at radius 3 is 2.27 bits per heavy atom. The van der Waals surface area contributed by atoms with E-state index in [1.54, 1.807) is 6.07 Å². The molecule has 2 heterocycles. The summed E-state index contributed by atoms with van der Waals surface area (Å²) >= 11 is 11.8. The summed E-state index contributed by atoms with van der Waals surface area (Å²) in [6.07, 6.45) is -5.77. The number of likely N-dealkylation sites (tertiary alicyclic amines) is 1. The average molecular weight is 500 g/mol. The van der Waals surface area contributed by atoms with Gasteiger partial charge in [-0.3, -0.25) is 4.79 Å². The van der Waals surface area contributed by atoms with Gasteiger partial charge in [-0.15, -0.1) is 0 Å². The summed E-state index contributed by atoms with van der Waals surface area (Å²) in [5, 5.41) is 12.3. The standard InChI is InChI=1S/C22H15Cl2F4N3O2/c23-16-7-15(8-17(24)9-16)21(22(26,27)28)10-18(30-33-21)13-1-3-14(4-2-13)20(25)11-31(12-20)19(32)5-6-29/h1-4,7-9H,5,10-12H2. The summed E-state index contributed by atoms with van der Waals surface area (Å²) in [6.45, 7) is -0.382. The predicted molar refractivity (Wildman–Crippen MR) is 112 cm³/mol. The summed E-state index contributed by atoms with van der Waals surface area (Å²) in [5.74, 6) is -0.454. The van der Waals surface area contributed by atoms with Crippen molar-refractivity contribution in [3.05, 3.63) is 69.2 Å². The van der Waals surface area contributed by atoms with E-state index in [4.69, 9.17) is 33.3 Å². The molecule has 0 bridgehead atoms. The van der Waals surface area contributed by atoms with Gasteiger partial charge >= 0.3 is 6.18 Å². The first-order valence-electron chi connectivity index (χ1n) is 9.70. The number of benzene rings is 2. The fourth-order valence-corrected chi connectivity index (χ4v) is 4.43. The molecule has 2 aromatic carbocycles. The molecule has 1 saturated heterocycles. The van der Waals surface area contributed by atoms with Crippen LogP contribution in [0.4, 0.5) is 17.6 Å². The third-order valence-electron chi connectivity index (χ3n) is 5.72. The lowest BCUT2D eigenvalue weighted by Crippen LogP contribution is -2.58. The van der Waals surface area contributed by atoms with E-state index in [9.17, 15) is 18.0 Å². The first-order valence-corrected chi connectivity index (χ1v) is 10.5. The summed E-state index contributed by atoms with van der Waals surface area (Å²) < 4.78 is 57.4. The van der Waals surface area contributed by atoms with Gasteiger partial charge < -0.3 is 9.74 Å². The molecule has 0 spiro atoms. The smallest absolute Gasteiger partial charge is 0.374 e. The van der Waals surface area contributed by atoms with Crippen molar-refractivity contribution < 1.29 is 27.2 Å². The minimum atomic E-state index is -4.82. The third-order valence-corrected chi connectivity index (χ3v) is 6.15. The molecule has 33 heavy (non-hydrogen) atoms. The van der Waals surface area contributed by atoms with Crippen molar-refractivity contribution in [2.45, 2.75) is 30.3 Å². The predicted octanol–water partition coefficient (Wildman–Crippen LogP) is 5.50. The van der Waals surface area contributed by atoms with Crippen LogP contribution in [0.3, 0.4) is 0 Å². The minimum Gasteiger partial charge on any atom is -0.374 e. The lowest BCUT2D eigenvalue weighted by atomic mass is 9.84. The maximum atomic E-state index is 15.1. The maximum absolute atomic E-state index is 15.1. The van der Waals surface area contributed by atoms with Gasteiger partial charge in [0.2, 0.25) is 5.91 Å². The summed E-state index contributed by atoms with van der Waals surface area (Å²) in [5.41, 5.74) is -4.18. The molecule has 1 amide bonds. The van der Waals surface area contributed by atoms with Gasteiger partial charge in [0.1, 0.15) is 6.42 Å². The lowest BCUT2D eigenvalue weighted by molar-refractivity contribution is -0.275. The summed E-state index contributed by atoms with van der Waals surface area (Å²) in [6, 6.07) is 11.1. The molecule has 1 fully saturated rings. The first-order chi connectivity index (χ1) is 15.5. The van der Waals surface area contributed by atoms with Crippen LogP contribution in [0.2, 0.25) is 10.0 Å². The molecule has 2 aromatic rings. The third kappa shape index (κ3) is 4.13. The fourth-order valence-electron chi connectivity index (χ4n) is 3.90. The van der Waals surface area contributed by atoms with Crippen molar-refractivity contribution in [1.29, 1.82) is 5.26 Å². The molecule has 11 heteroatoms. The molecule has 5 nitrogen and oxygen atoms in total. The number of oxime groups is 1. The minimum absolute atomic E-state index is 0.0264.